The lowest BCUT2D eigenvalue weighted by Gasteiger charge is -2.14. The first-order valence-corrected chi connectivity index (χ1v) is 8.91. The summed E-state index contributed by atoms with van der Waals surface area (Å²) in [6, 6.07) is 7.64. The SMILES string of the molecule is CCOC(=O)c1ccc(NS(=O)(=O)c2cc(F)ccc2OC)c(C)c1. The molecular weight excluding hydrogens is 349 g/mol. The van der Waals surface area contributed by atoms with E-state index in [9.17, 15) is 17.6 Å². The van der Waals surface area contributed by atoms with E-state index in [0.29, 0.717) is 11.1 Å². The standard InChI is InChI=1S/C17H18FNO5S/c1-4-24-17(20)12-5-7-14(11(2)9-12)19-25(21,22)16-10-13(18)6-8-15(16)23-3/h5-10,19H,4H2,1-3H3. The number of ether oxygens (including phenoxy) is 2. The molecule has 0 radical (unpaired) electrons. The molecule has 8 heteroatoms. The topological polar surface area (TPSA) is 81.7 Å². The molecule has 0 saturated carbocycles. The number of esters is 1. The van der Waals surface area contributed by atoms with Crippen molar-refractivity contribution in [1.82, 2.24) is 0 Å². The van der Waals surface area contributed by atoms with Crippen molar-refractivity contribution in [2.75, 3.05) is 18.4 Å². The molecule has 0 aliphatic carbocycles. The number of methoxy groups -OCH3 is 1. The Bertz CT molecular complexity index is 896. The number of carbonyl (C=O) groups is 1. The fraction of sp³-hybridized carbons (Fsp3) is 0.235. The van der Waals surface area contributed by atoms with Gasteiger partial charge in [-0.25, -0.2) is 17.6 Å². The molecular formula is C17H18FNO5S. The van der Waals surface area contributed by atoms with E-state index < -0.39 is 21.8 Å². The van der Waals surface area contributed by atoms with Crippen LogP contribution < -0.4 is 9.46 Å². The van der Waals surface area contributed by atoms with Gasteiger partial charge in [-0.2, -0.15) is 0 Å². The molecule has 0 bridgehead atoms. The van der Waals surface area contributed by atoms with E-state index in [4.69, 9.17) is 9.47 Å². The number of hydrogen-bond donors (Lipinski definition) is 1. The molecule has 0 atom stereocenters. The molecule has 0 aliphatic rings. The predicted molar refractivity (Wildman–Crippen MR) is 90.9 cm³/mol. The Morgan fingerprint density at radius 3 is 2.52 bits per heavy atom. The molecule has 0 amide bonds. The van der Waals surface area contributed by atoms with Crippen LogP contribution in [0.3, 0.4) is 0 Å². The van der Waals surface area contributed by atoms with Crippen LogP contribution in [-0.2, 0) is 14.8 Å². The average Bonchev–Trinajstić information content (AvgIpc) is 2.56. The van der Waals surface area contributed by atoms with Crippen LogP contribution in [-0.4, -0.2) is 28.1 Å². The van der Waals surface area contributed by atoms with Crippen molar-refractivity contribution in [3.8, 4) is 5.75 Å². The van der Waals surface area contributed by atoms with Gasteiger partial charge in [-0.05, 0) is 55.8 Å². The second-order valence-corrected chi connectivity index (χ2v) is 6.80. The molecule has 0 aromatic heterocycles. The van der Waals surface area contributed by atoms with E-state index >= 15 is 0 Å². The minimum absolute atomic E-state index is 0.0229. The maximum Gasteiger partial charge on any atom is 0.338 e. The smallest absolute Gasteiger partial charge is 0.338 e. The third kappa shape index (κ3) is 4.27. The summed E-state index contributed by atoms with van der Waals surface area (Å²) in [6.45, 7) is 3.58. The van der Waals surface area contributed by atoms with Crippen molar-refractivity contribution in [2.24, 2.45) is 0 Å². The highest BCUT2D eigenvalue weighted by Gasteiger charge is 2.21. The number of carbonyl (C=O) groups excluding carboxylic acids is 1. The predicted octanol–water partition coefficient (Wildman–Crippen LogP) is 3.12. The van der Waals surface area contributed by atoms with Crippen LogP contribution in [0.15, 0.2) is 41.3 Å². The fourth-order valence-corrected chi connectivity index (χ4v) is 3.49. The van der Waals surface area contributed by atoms with Gasteiger partial charge in [0, 0.05) is 0 Å². The highest BCUT2D eigenvalue weighted by atomic mass is 32.2. The lowest BCUT2D eigenvalue weighted by atomic mass is 10.1. The van der Waals surface area contributed by atoms with Crippen molar-refractivity contribution in [1.29, 1.82) is 0 Å². The number of halogens is 1. The molecule has 0 unspecified atom stereocenters. The van der Waals surface area contributed by atoms with Gasteiger partial charge < -0.3 is 9.47 Å². The quantitative estimate of drug-likeness (QED) is 0.794. The van der Waals surface area contributed by atoms with E-state index in [1.807, 2.05) is 0 Å². The number of hydrogen-bond acceptors (Lipinski definition) is 5. The van der Waals surface area contributed by atoms with E-state index in [1.54, 1.807) is 13.8 Å². The lowest BCUT2D eigenvalue weighted by Crippen LogP contribution is -2.15. The molecule has 134 valence electrons. The van der Waals surface area contributed by atoms with E-state index in [0.717, 1.165) is 12.1 Å². The van der Waals surface area contributed by atoms with Crippen molar-refractivity contribution >= 4 is 21.7 Å². The molecule has 6 nitrogen and oxygen atoms in total. The van der Waals surface area contributed by atoms with Crippen molar-refractivity contribution in [3.05, 3.63) is 53.3 Å². The monoisotopic (exact) mass is 367 g/mol. The van der Waals surface area contributed by atoms with Gasteiger partial charge in [-0.3, -0.25) is 4.72 Å². The molecule has 2 aromatic carbocycles. The van der Waals surface area contributed by atoms with Gasteiger partial charge in [0.25, 0.3) is 10.0 Å². The van der Waals surface area contributed by atoms with Crippen LogP contribution >= 0.6 is 0 Å². The van der Waals surface area contributed by atoms with Gasteiger partial charge in [0.1, 0.15) is 16.5 Å². The van der Waals surface area contributed by atoms with Crippen LogP contribution in [0.2, 0.25) is 0 Å². The molecule has 0 spiro atoms. The molecule has 2 rings (SSSR count). The van der Waals surface area contributed by atoms with Gasteiger partial charge in [0.2, 0.25) is 0 Å². The Labute approximate surface area is 145 Å². The van der Waals surface area contributed by atoms with Crippen LogP contribution in [0.25, 0.3) is 0 Å². The highest BCUT2D eigenvalue weighted by Crippen LogP contribution is 2.28. The average molecular weight is 367 g/mol. The van der Waals surface area contributed by atoms with Gasteiger partial charge in [-0.15, -0.1) is 0 Å². The Kier molecular flexibility index (Phi) is 5.63. The summed E-state index contributed by atoms with van der Waals surface area (Å²) in [5.74, 6) is -1.17. The number of nitrogens with one attached hydrogen (secondary N) is 1. The van der Waals surface area contributed by atoms with Gasteiger partial charge in [0.05, 0.1) is 25.0 Å². The maximum absolute atomic E-state index is 13.4. The molecule has 0 heterocycles. The first-order valence-electron chi connectivity index (χ1n) is 7.42. The summed E-state index contributed by atoms with van der Waals surface area (Å²) in [5.41, 5.74) is 1.09. The molecule has 0 aliphatic heterocycles. The van der Waals surface area contributed by atoms with Gasteiger partial charge >= 0.3 is 5.97 Å². The third-order valence-corrected chi connectivity index (χ3v) is 4.78. The van der Waals surface area contributed by atoms with Gasteiger partial charge in [-0.1, -0.05) is 0 Å². The first-order chi connectivity index (χ1) is 11.8. The number of benzene rings is 2. The Morgan fingerprint density at radius 1 is 1.20 bits per heavy atom. The molecule has 25 heavy (non-hydrogen) atoms. The molecule has 1 N–H and O–H groups in total. The van der Waals surface area contributed by atoms with Crippen LogP contribution in [0, 0.1) is 12.7 Å². The Morgan fingerprint density at radius 2 is 1.92 bits per heavy atom. The van der Waals surface area contributed by atoms with Crippen molar-refractivity contribution in [2.45, 2.75) is 18.7 Å². The molecule has 2 aromatic rings. The second-order valence-electron chi connectivity index (χ2n) is 5.15. The highest BCUT2D eigenvalue weighted by molar-refractivity contribution is 7.92. The zero-order valence-corrected chi connectivity index (χ0v) is 14.8. The summed E-state index contributed by atoms with van der Waals surface area (Å²) in [7, 11) is -2.78. The lowest BCUT2D eigenvalue weighted by molar-refractivity contribution is 0.0526. The number of anilines is 1. The minimum Gasteiger partial charge on any atom is -0.495 e. The van der Waals surface area contributed by atoms with Crippen LogP contribution in [0.1, 0.15) is 22.8 Å². The molecule has 0 fully saturated rings. The van der Waals surface area contributed by atoms with Gasteiger partial charge in [0.15, 0.2) is 0 Å². The Hall–Kier alpha value is -2.61. The van der Waals surface area contributed by atoms with Crippen molar-refractivity contribution < 1.29 is 27.1 Å². The number of rotatable bonds is 6. The summed E-state index contributed by atoms with van der Waals surface area (Å²) in [4.78, 5) is 11.4. The normalized spacial score (nSPS) is 11.0. The van der Waals surface area contributed by atoms with Crippen LogP contribution in [0.5, 0.6) is 5.75 Å². The summed E-state index contributed by atoms with van der Waals surface area (Å²) < 4.78 is 50.8. The maximum atomic E-state index is 13.4. The number of sulfonamides is 1. The molecule has 0 saturated heterocycles. The van der Waals surface area contributed by atoms with E-state index in [1.165, 1.54) is 31.4 Å². The van der Waals surface area contributed by atoms with E-state index in [2.05, 4.69) is 4.72 Å². The summed E-state index contributed by atoms with van der Waals surface area (Å²) in [6.07, 6.45) is 0. The first kappa shape index (κ1) is 18.7. The van der Waals surface area contributed by atoms with Crippen LogP contribution in [0.4, 0.5) is 10.1 Å². The number of aryl methyl sites for hydroxylation is 1. The zero-order valence-electron chi connectivity index (χ0n) is 14.0. The zero-order chi connectivity index (χ0) is 18.6. The minimum atomic E-state index is -4.08. The van der Waals surface area contributed by atoms with Crippen molar-refractivity contribution in [3.63, 3.8) is 0 Å². The fourth-order valence-electron chi connectivity index (χ4n) is 2.18. The van der Waals surface area contributed by atoms with E-state index in [-0.39, 0.29) is 22.9 Å². The second kappa shape index (κ2) is 7.52. The largest absolute Gasteiger partial charge is 0.495 e. The summed E-state index contributed by atoms with van der Waals surface area (Å²) >= 11 is 0. The summed E-state index contributed by atoms with van der Waals surface area (Å²) in [5, 5.41) is 0. The Balaban J connectivity index is 2.36. The third-order valence-electron chi connectivity index (χ3n) is 3.40.